The van der Waals surface area contributed by atoms with Crippen LogP contribution in [0.15, 0.2) is 72.8 Å². The molecule has 9 nitrogen and oxygen atoms in total. The zero-order valence-corrected chi connectivity index (χ0v) is 24.5. The highest BCUT2D eigenvalue weighted by Crippen LogP contribution is 2.39. The summed E-state index contributed by atoms with van der Waals surface area (Å²) < 4.78 is 5.65. The average Bonchev–Trinajstić information content (AvgIpc) is 3.05. The van der Waals surface area contributed by atoms with Crippen molar-refractivity contribution in [1.82, 2.24) is 10.6 Å². The summed E-state index contributed by atoms with van der Waals surface area (Å²) in [7, 11) is 1.68. The third kappa shape index (κ3) is 5.59. The SMILES string of the molecule is C[C@H](NC(=O)[C@H]1CCc2ccccc2N1C(=O)OC(C)(C)C)C(=O)N[C@@H]1C(=O)N(C)c2ccccc2-c2ccccc21. The van der Waals surface area contributed by atoms with E-state index >= 15 is 0 Å². The molecule has 9 heteroatoms. The van der Waals surface area contributed by atoms with E-state index in [0.717, 1.165) is 22.4 Å². The van der Waals surface area contributed by atoms with Crippen LogP contribution in [0.25, 0.3) is 11.1 Å². The summed E-state index contributed by atoms with van der Waals surface area (Å²) in [5.74, 6) is -1.29. The van der Waals surface area contributed by atoms with E-state index in [1.807, 2.05) is 66.7 Å². The maximum Gasteiger partial charge on any atom is 0.415 e. The number of benzene rings is 3. The van der Waals surface area contributed by atoms with Gasteiger partial charge < -0.3 is 20.3 Å². The number of fused-ring (bicyclic) bond motifs is 4. The number of anilines is 2. The Kier molecular flexibility index (Phi) is 7.77. The van der Waals surface area contributed by atoms with Crippen molar-refractivity contribution in [3.63, 3.8) is 0 Å². The van der Waals surface area contributed by atoms with Crippen molar-refractivity contribution in [2.45, 2.75) is 64.3 Å². The van der Waals surface area contributed by atoms with Crippen molar-refractivity contribution < 1.29 is 23.9 Å². The van der Waals surface area contributed by atoms with E-state index in [9.17, 15) is 19.2 Å². The highest BCUT2D eigenvalue weighted by molar-refractivity contribution is 6.06. The lowest BCUT2D eigenvalue weighted by molar-refractivity contribution is -0.131. The molecule has 0 aliphatic carbocycles. The summed E-state index contributed by atoms with van der Waals surface area (Å²) in [6.07, 6.45) is 0.331. The Bertz CT molecular complexity index is 1550. The topological polar surface area (TPSA) is 108 Å². The second-order valence-electron chi connectivity index (χ2n) is 11.7. The van der Waals surface area contributed by atoms with Crippen LogP contribution in [0.3, 0.4) is 0 Å². The molecule has 218 valence electrons. The maximum absolute atomic E-state index is 13.6. The van der Waals surface area contributed by atoms with Gasteiger partial charge in [0.1, 0.15) is 23.7 Å². The van der Waals surface area contributed by atoms with Crippen molar-refractivity contribution in [2.24, 2.45) is 0 Å². The van der Waals surface area contributed by atoms with Gasteiger partial charge in [-0.25, -0.2) is 4.79 Å². The van der Waals surface area contributed by atoms with Crippen molar-refractivity contribution in [3.05, 3.63) is 83.9 Å². The van der Waals surface area contributed by atoms with Crippen LogP contribution >= 0.6 is 0 Å². The molecule has 0 unspecified atom stereocenters. The number of nitrogens with one attached hydrogen (secondary N) is 2. The van der Waals surface area contributed by atoms with Gasteiger partial charge in [-0.2, -0.15) is 0 Å². The minimum absolute atomic E-state index is 0.292. The molecule has 4 amide bonds. The summed E-state index contributed by atoms with van der Waals surface area (Å²) in [6.45, 7) is 6.87. The quantitative estimate of drug-likeness (QED) is 0.472. The smallest absolute Gasteiger partial charge is 0.415 e. The van der Waals surface area contributed by atoms with E-state index in [-0.39, 0.29) is 5.91 Å². The maximum atomic E-state index is 13.6. The molecule has 2 heterocycles. The molecule has 0 fully saturated rings. The Balaban J connectivity index is 1.36. The van der Waals surface area contributed by atoms with Gasteiger partial charge in [-0.05, 0) is 69.4 Å². The van der Waals surface area contributed by atoms with Gasteiger partial charge in [0.15, 0.2) is 0 Å². The molecule has 0 saturated carbocycles. The first kappa shape index (κ1) is 28.9. The first-order valence-corrected chi connectivity index (χ1v) is 14.1. The number of aryl methyl sites for hydroxylation is 1. The van der Waals surface area contributed by atoms with Crippen molar-refractivity contribution in [3.8, 4) is 11.1 Å². The number of carbonyl (C=O) groups excluding carboxylic acids is 4. The molecule has 0 aromatic heterocycles. The number of hydrogen-bond acceptors (Lipinski definition) is 5. The summed E-state index contributed by atoms with van der Waals surface area (Å²) in [5, 5.41) is 5.64. The van der Waals surface area contributed by atoms with Crippen LogP contribution in [0.5, 0.6) is 0 Å². The molecule has 0 saturated heterocycles. The van der Waals surface area contributed by atoms with Crippen LogP contribution < -0.4 is 20.4 Å². The van der Waals surface area contributed by atoms with E-state index in [1.54, 1.807) is 45.7 Å². The van der Waals surface area contributed by atoms with Gasteiger partial charge in [-0.3, -0.25) is 19.3 Å². The molecular formula is C33H36N4O5. The second kappa shape index (κ2) is 11.3. The third-order valence-corrected chi connectivity index (χ3v) is 7.59. The Labute approximate surface area is 245 Å². The van der Waals surface area contributed by atoms with Crippen LogP contribution in [0.2, 0.25) is 0 Å². The molecule has 3 aromatic rings. The average molecular weight is 569 g/mol. The number of likely N-dealkylation sites (N-methyl/N-ethyl adjacent to an activating group) is 1. The van der Waals surface area contributed by atoms with Crippen LogP contribution in [-0.2, 0) is 25.5 Å². The molecule has 0 spiro atoms. The predicted octanol–water partition coefficient (Wildman–Crippen LogP) is 4.75. The summed E-state index contributed by atoms with van der Waals surface area (Å²) in [4.78, 5) is 56.9. The van der Waals surface area contributed by atoms with Gasteiger partial charge in [0.2, 0.25) is 11.8 Å². The molecule has 3 atom stereocenters. The third-order valence-electron chi connectivity index (χ3n) is 7.59. The van der Waals surface area contributed by atoms with Gasteiger partial charge in [0, 0.05) is 12.6 Å². The van der Waals surface area contributed by atoms with E-state index in [2.05, 4.69) is 10.6 Å². The molecule has 5 rings (SSSR count). The van der Waals surface area contributed by atoms with Crippen molar-refractivity contribution >= 4 is 35.2 Å². The van der Waals surface area contributed by atoms with Crippen LogP contribution in [0.1, 0.15) is 51.3 Å². The van der Waals surface area contributed by atoms with E-state index in [1.165, 1.54) is 4.90 Å². The lowest BCUT2D eigenvalue weighted by Crippen LogP contribution is -2.57. The van der Waals surface area contributed by atoms with Crippen molar-refractivity contribution in [2.75, 3.05) is 16.8 Å². The highest BCUT2D eigenvalue weighted by atomic mass is 16.6. The fraction of sp³-hybridized carbons (Fsp3) is 0.333. The molecule has 2 aliphatic rings. The number of rotatable bonds is 4. The monoisotopic (exact) mass is 568 g/mol. The Hall–Kier alpha value is -4.66. The number of ether oxygens (including phenoxy) is 1. The number of para-hydroxylation sites is 2. The molecular weight excluding hydrogens is 532 g/mol. The Morgan fingerprint density at radius 2 is 1.52 bits per heavy atom. The first-order valence-electron chi connectivity index (χ1n) is 14.1. The van der Waals surface area contributed by atoms with E-state index in [4.69, 9.17) is 4.74 Å². The molecule has 2 N–H and O–H groups in total. The Morgan fingerprint density at radius 3 is 2.24 bits per heavy atom. The molecule has 0 bridgehead atoms. The standard InChI is InChI=1S/C33H36N4O5/c1-20(34-30(39)27-19-18-21-12-6-10-16-25(21)37(27)32(41)42-33(2,3)4)29(38)35-28-24-15-8-7-13-22(24)23-14-9-11-17-26(23)36(5)31(28)40/h6-17,20,27-28H,18-19H2,1-5H3,(H,34,39)(H,35,38)/t20-,27+,28-/m0/s1. The van der Waals surface area contributed by atoms with Gasteiger partial charge in [0.05, 0.1) is 11.4 Å². The fourth-order valence-corrected chi connectivity index (χ4v) is 5.55. The number of hydrogen-bond donors (Lipinski definition) is 2. The minimum Gasteiger partial charge on any atom is -0.443 e. The van der Waals surface area contributed by atoms with Gasteiger partial charge in [-0.15, -0.1) is 0 Å². The number of amides is 4. The minimum atomic E-state index is -0.981. The summed E-state index contributed by atoms with van der Waals surface area (Å²) in [6, 6.07) is 19.7. The summed E-state index contributed by atoms with van der Waals surface area (Å²) in [5.41, 5.74) is 3.95. The predicted molar refractivity (Wildman–Crippen MR) is 161 cm³/mol. The Morgan fingerprint density at radius 1 is 0.905 bits per heavy atom. The van der Waals surface area contributed by atoms with Crippen LogP contribution in [-0.4, -0.2) is 48.5 Å². The second-order valence-corrected chi connectivity index (χ2v) is 11.7. The summed E-state index contributed by atoms with van der Waals surface area (Å²) >= 11 is 0. The lowest BCUT2D eigenvalue weighted by atomic mass is 9.95. The van der Waals surface area contributed by atoms with Gasteiger partial charge in [-0.1, -0.05) is 60.7 Å². The molecule has 2 aliphatic heterocycles. The number of nitrogens with zero attached hydrogens (tertiary/aromatic N) is 2. The molecule has 3 aromatic carbocycles. The normalized spacial score (nSPS) is 18.5. The van der Waals surface area contributed by atoms with E-state index in [0.29, 0.717) is 24.1 Å². The van der Waals surface area contributed by atoms with Crippen molar-refractivity contribution in [1.29, 1.82) is 0 Å². The van der Waals surface area contributed by atoms with Gasteiger partial charge in [0.25, 0.3) is 5.91 Å². The fourth-order valence-electron chi connectivity index (χ4n) is 5.55. The molecule has 42 heavy (non-hydrogen) atoms. The lowest BCUT2D eigenvalue weighted by Gasteiger charge is -2.37. The van der Waals surface area contributed by atoms with Crippen LogP contribution in [0.4, 0.5) is 16.2 Å². The molecule has 0 radical (unpaired) electrons. The largest absolute Gasteiger partial charge is 0.443 e. The first-order chi connectivity index (χ1) is 20.0. The number of carbonyl (C=O) groups is 4. The van der Waals surface area contributed by atoms with Crippen LogP contribution in [0, 0.1) is 0 Å². The van der Waals surface area contributed by atoms with E-state index < -0.39 is 41.6 Å². The van der Waals surface area contributed by atoms with Gasteiger partial charge >= 0.3 is 6.09 Å². The zero-order chi connectivity index (χ0) is 30.2. The zero-order valence-electron chi connectivity index (χ0n) is 24.5. The highest BCUT2D eigenvalue weighted by Gasteiger charge is 2.39.